The summed E-state index contributed by atoms with van der Waals surface area (Å²) < 4.78 is 33.9. The Morgan fingerprint density at radius 3 is 1.89 bits per heavy atom. The quantitative estimate of drug-likeness (QED) is 0.245. The van der Waals surface area contributed by atoms with Gasteiger partial charge in [-0.2, -0.15) is 15.3 Å². The van der Waals surface area contributed by atoms with Crippen LogP contribution in [0.1, 0.15) is 6.92 Å². The number of benzene rings is 1. The number of ether oxygens (including phenoxy) is 1. The molecule has 9 heteroatoms. The minimum Gasteiger partial charge on any atom is -0.449 e. The summed E-state index contributed by atoms with van der Waals surface area (Å²) in [5, 5.41) is 8.21. The van der Waals surface area contributed by atoms with Gasteiger partial charge in [-0.3, -0.25) is 4.55 Å². The number of hydrogen-bond donors (Lipinski definition) is 2. The van der Waals surface area contributed by atoms with Crippen LogP contribution in [-0.2, 0) is 10.1 Å². The minimum absolute atomic E-state index is 0. The standard InChI is InChI=1S/C7H6O6S.C2H5.ClH.Na/c8-7(9)13-5-1-3-6(4-2-5)14(10,11)12;1-2;;/h1-4H,(H,8,9)(H,10,11,12);1H2,2H3;1H;/q;-1;;+1. The third-order valence-corrected chi connectivity index (χ3v) is 2.19. The van der Waals surface area contributed by atoms with E-state index < -0.39 is 16.3 Å². The van der Waals surface area contributed by atoms with Gasteiger partial charge in [-0.25, -0.2) is 4.79 Å². The van der Waals surface area contributed by atoms with Crippen LogP contribution >= 0.6 is 12.4 Å². The second-order valence-electron chi connectivity index (χ2n) is 2.31. The van der Waals surface area contributed by atoms with Gasteiger partial charge in [0.05, 0.1) is 4.90 Å². The minimum atomic E-state index is -4.25. The average molecular weight is 307 g/mol. The van der Waals surface area contributed by atoms with Crippen molar-refractivity contribution in [3.63, 3.8) is 0 Å². The van der Waals surface area contributed by atoms with E-state index in [0.29, 0.717) is 0 Å². The van der Waals surface area contributed by atoms with Crippen molar-refractivity contribution in [1.82, 2.24) is 0 Å². The topological polar surface area (TPSA) is 101 Å². The molecule has 98 valence electrons. The molecule has 0 fully saturated rings. The van der Waals surface area contributed by atoms with Crippen LogP contribution in [0.5, 0.6) is 5.75 Å². The van der Waals surface area contributed by atoms with Crippen LogP contribution in [0, 0.1) is 6.92 Å². The van der Waals surface area contributed by atoms with Gasteiger partial charge in [0.2, 0.25) is 0 Å². The van der Waals surface area contributed by atoms with E-state index in [1.807, 2.05) is 0 Å². The van der Waals surface area contributed by atoms with Crippen molar-refractivity contribution < 1.29 is 57.2 Å². The zero-order valence-corrected chi connectivity index (χ0v) is 13.5. The van der Waals surface area contributed by atoms with E-state index in [1.54, 1.807) is 6.92 Å². The maximum Gasteiger partial charge on any atom is 1.00 e. The molecule has 0 aliphatic heterocycles. The number of carboxylic acid groups (broad SMARTS) is 1. The predicted molar refractivity (Wildman–Crippen MR) is 63.2 cm³/mol. The fraction of sp³-hybridized carbons (Fsp3) is 0.111. The fourth-order valence-electron chi connectivity index (χ4n) is 0.780. The van der Waals surface area contributed by atoms with Gasteiger partial charge in [0.15, 0.2) is 0 Å². The number of hydrogen-bond acceptors (Lipinski definition) is 4. The molecular formula is C9H12ClNaO6S. The largest absolute Gasteiger partial charge is 1.00 e. The summed E-state index contributed by atoms with van der Waals surface area (Å²) >= 11 is 0. The van der Waals surface area contributed by atoms with E-state index in [2.05, 4.69) is 11.7 Å². The summed E-state index contributed by atoms with van der Waals surface area (Å²) in [5.41, 5.74) is 0. The van der Waals surface area contributed by atoms with Crippen LogP contribution in [0.25, 0.3) is 0 Å². The molecule has 0 saturated heterocycles. The molecule has 1 aromatic carbocycles. The van der Waals surface area contributed by atoms with Gasteiger partial charge >= 0.3 is 35.7 Å². The Kier molecular flexibility index (Phi) is 13.4. The van der Waals surface area contributed by atoms with E-state index in [4.69, 9.17) is 9.66 Å². The average Bonchev–Trinajstić information content (AvgIpc) is 2.19. The van der Waals surface area contributed by atoms with Gasteiger partial charge in [0.25, 0.3) is 10.1 Å². The first-order valence-electron chi connectivity index (χ1n) is 4.08. The molecule has 0 unspecified atom stereocenters. The van der Waals surface area contributed by atoms with Crippen molar-refractivity contribution in [2.24, 2.45) is 0 Å². The molecule has 18 heavy (non-hydrogen) atoms. The van der Waals surface area contributed by atoms with Gasteiger partial charge in [-0.05, 0) is 24.3 Å². The normalized spacial score (nSPS) is 8.83. The van der Waals surface area contributed by atoms with Crippen LogP contribution in [0.4, 0.5) is 4.79 Å². The predicted octanol–water partition coefficient (Wildman–Crippen LogP) is -0.744. The molecule has 0 bridgehead atoms. The maximum absolute atomic E-state index is 10.6. The van der Waals surface area contributed by atoms with Crippen LogP contribution in [-0.4, -0.2) is 24.2 Å². The zero-order valence-electron chi connectivity index (χ0n) is 9.86. The smallest absolute Gasteiger partial charge is 0.449 e. The van der Waals surface area contributed by atoms with Crippen LogP contribution in [0.2, 0.25) is 0 Å². The third-order valence-electron chi connectivity index (χ3n) is 1.33. The fourth-order valence-corrected chi connectivity index (χ4v) is 1.26. The SMILES string of the molecule is Cl.O=C(O)Oc1ccc(S(=O)(=O)O)cc1.[CH2-]C.[Na+]. The molecule has 1 rings (SSSR count). The molecule has 0 amide bonds. The van der Waals surface area contributed by atoms with Crippen LogP contribution in [0.15, 0.2) is 29.2 Å². The van der Waals surface area contributed by atoms with Crippen molar-refractivity contribution in [3.05, 3.63) is 31.2 Å². The van der Waals surface area contributed by atoms with Gasteiger partial charge in [0.1, 0.15) is 5.75 Å². The van der Waals surface area contributed by atoms with E-state index in [1.165, 1.54) is 0 Å². The molecule has 0 aromatic heterocycles. The zero-order chi connectivity index (χ0) is 12.8. The number of carbonyl (C=O) groups is 1. The number of halogens is 1. The van der Waals surface area contributed by atoms with E-state index in [-0.39, 0.29) is 52.6 Å². The van der Waals surface area contributed by atoms with Crippen molar-refractivity contribution in [2.75, 3.05) is 0 Å². The van der Waals surface area contributed by atoms with Gasteiger partial charge in [-0.15, -0.1) is 12.4 Å². The Balaban J connectivity index is -0.000000534. The van der Waals surface area contributed by atoms with E-state index in [0.717, 1.165) is 24.3 Å². The van der Waals surface area contributed by atoms with E-state index >= 15 is 0 Å². The Hall–Kier alpha value is -0.310. The monoisotopic (exact) mass is 306 g/mol. The van der Waals surface area contributed by atoms with Gasteiger partial charge in [-0.1, -0.05) is 0 Å². The molecule has 0 atom stereocenters. The second kappa shape index (κ2) is 10.6. The Labute approximate surface area is 134 Å². The van der Waals surface area contributed by atoms with Crippen molar-refractivity contribution in [1.29, 1.82) is 0 Å². The molecule has 0 saturated carbocycles. The molecule has 6 nitrogen and oxygen atoms in total. The van der Waals surface area contributed by atoms with Crippen molar-refractivity contribution in [2.45, 2.75) is 11.8 Å². The molecule has 0 aliphatic rings. The summed E-state index contributed by atoms with van der Waals surface area (Å²) in [7, 11) is -4.25. The van der Waals surface area contributed by atoms with Crippen LogP contribution in [0.3, 0.4) is 0 Å². The Morgan fingerprint density at radius 1 is 1.22 bits per heavy atom. The molecule has 0 spiro atoms. The van der Waals surface area contributed by atoms with E-state index in [9.17, 15) is 13.2 Å². The summed E-state index contributed by atoms with van der Waals surface area (Å²) in [5.74, 6) is -0.0232. The van der Waals surface area contributed by atoms with Crippen molar-refractivity contribution in [3.8, 4) is 5.75 Å². The van der Waals surface area contributed by atoms with Crippen molar-refractivity contribution >= 4 is 28.7 Å². The second-order valence-corrected chi connectivity index (χ2v) is 3.74. The molecular weight excluding hydrogens is 295 g/mol. The van der Waals surface area contributed by atoms with Gasteiger partial charge in [0, 0.05) is 0 Å². The molecule has 0 aliphatic carbocycles. The first kappa shape index (κ1) is 22.8. The first-order valence-corrected chi connectivity index (χ1v) is 5.52. The van der Waals surface area contributed by atoms with Crippen LogP contribution < -0.4 is 34.3 Å². The summed E-state index contributed by atoms with van der Waals surface area (Å²) in [6, 6.07) is 4.32. The maximum atomic E-state index is 10.6. The Bertz CT molecular complexity index is 445. The Morgan fingerprint density at radius 2 is 1.61 bits per heavy atom. The number of rotatable bonds is 2. The molecule has 0 radical (unpaired) electrons. The first-order chi connectivity index (χ1) is 7.39. The summed E-state index contributed by atoms with van der Waals surface area (Å²) in [4.78, 5) is 9.74. The summed E-state index contributed by atoms with van der Waals surface area (Å²) in [6.45, 7) is 5.00. The third kappa shape index (κ3) is 8.73. The molecule has 0 heterocycles. The van der Waals surface area contributed by atoms with Gasteiger partial charge < -0.3 is 16.8 Å². The molecule has 2 N–H and O–H groups in total. The summed E-state index contributed by atoms with van der Waals surface area (Å²) in [6.07, 6.45) is -1.50. The molecule has 1 aromatic rings.